The summed E-state index contributed by atoms with van der Waals surface area (Å²) in [7, 11) is 0. The number of ether oxygens (including phenoxy) is 1. The van der Waals surface area contributed by atoms with Crippen molar-refractivity contribution in [3.63, 3.8) is 0 Å². The lowest BCUT2D eigenvalue weighted by Gasteiger charge is -2.27. The Morgan fingerprint density at radius 2 is 2.16 bits per heavy atom. The van der Waals surface area contributed by atoms with E-state index in [1.54, 1.807) is 6.26 Å². The maximum Gasteiger partial charge on any atom is 0.308 e. The van der Waals surface area contributed by atoms with Gasteiger partial charge in [0.1, 0.15) is 5.76 Å². The number of aryl methyl sites for hydroxylation is 1. The quantitative estimate of drug-likeness (QED) is 0.832. The molecule has 0 amide bonds. The molecule has 2 rings (SSSR count). The highest BCUT2D eigenvalue weighted by molar-refractivity contribution is 5.72. The van der Waals surface area contributed by atoms with E-state index < -0.39 is 0 Å². The number of nitrogens with one attached hydrogen (secondary N) is 1. The van der Waals surface area contributed by atoms with Gasteiger partial charge in [-0.25, -0.2) is 0 Å². The van der Waals surface area contributed by atoms with E-state index in [1.807, 2.05) is 13.0 Å². The molecule has 0 spiro atoms. The monoisotopic (exact) mass is 265 g/mol. The van der Waals surface area contributed by atoms with Crippen LogP contribution in [0.5, 0.6) is 0 Å². The second kappa shape index (κ2) is 6.75. The molecule has 1 aromatic heterocycles. The van der Waals surface area contributed by atoms with E-state index in [4.69, 9.17) is 9.15 Å². The summed E-state index contributed by atoms with van der Waals surface area (Å²) in [5.41, 5.74) is 1.19. The fourth-order valence-electron chi connectivity index (χ4n) is 2.62. The molecule has 0 bridgehead atoms. The lowest BCUT2D eigenvalue weighted by Crippen LogP contribution is -2.35. The second-order valence-electron chi connectivity index (χ2n) is 5.21. The molecule has 1 aromatic rings. The van der Waals surface area contributed by atoms with Crippen LogP contribution in [-0.4, -0.2) is 18.6 Å². The fraction of sp³-hybridized carbons (Fsp3) is 0.667. The van der Waals surface area contributed by atoms with Gasteiger partial charge in [-0.15, -0.1) is 0 Å². The van der Waals surface area contributed by atoms with Crippen molar-refractivity contribution >= 4 is 5.97 Å². The van der Waals surface area contributed by atoms with E-state index in [0.29, 0.717) is 12.6 Å². The third kappa shape index (κ3) is 3.83. The molecule has 19 heavy (non-hydrogen) atoms. The Kier molecular flexibility index (Phi) is 5.02. The predicted octanol–water partition coefficient (Wildman–Crippen LogP) is 2.80. The van der Waals surface area contributed by atoms with Crippen molar-refractivity contribution in [2.45, 2.75) is 52.1 Å². The number of carbonyl (C=O) groups is 1. The van der Waals surface area contributed by atoms with Gasteiger partial charge in [0.15, 0.2) is 0 Å². The van der Waals surface area contributed by atoms with Crippen molar-refractivity contribution < 1.29 is 13.9 Å². The molecule has 1 aliphatic rings. The predicted molar refractivity (Wildman–Crippen MR) is 72.7 cm³/mol. The smallest absolute Gasteiger partial charge is 0.308 e. The van der Waals surface area contributed by atoms with E-state index in [0.717, 1.165) is 38.0 Å². The molecule has 0 radical (unpaired) electrons. The molecule has 0 aliphatic heterocycles. The van der Waals surface area contributed by atoms with Crippen molar-refractivity contribution in [1.29, 1.82) is 0 Å². The van der Waals surface area contributed by atoms with Crippen LogP contribution in [0.4, 0.5) is 0 Å². The standard InChI is InChI=1S/C15H23NO3/c1-3-18-15(17)12-4-6-13(7-5-12)16-10-14-11(2)8-9-19-14/h8-9,12-13,16H,3-7,10H2,1-2H3. The van der Waals surface area contributed by atoms with Crippen LogP contribution in [0.25, 0.3) is 0 Å². The summed E-state index contributed by atoms with van der Waals surface area (Å²) in [6.45, 7) is 5.16. The zero-order valence-electron chi connectivity index (χ0n) is 11.8. The molecule has 4 heteroatoms. The van der Waals surface area contributed by atoms with Gasteiger partial charge in [0, 0.05) is 6.04 Å². The minimum Gasteiger partial charge on any atom is -0.468 e. The van der Waals surface area contributed by atoms with Crippen molar-refractivity contribution in [3.05, 3.63) is 23.7 Å². The molecule has 4 nitrogen and oxygen atoms in total. The van der Waals surface area contributed by atoms with E-state index in [1.165, 1.54) is 5.56 Å². The van der Waals surface area contributed by atoms with Crippen molar-refractivity contribution in [1.82, 2.24) is 5.32 Å². The minimum atomic E-state index is -0.0252. The van der Waals surface area contributed by atoms with E-state index >= 15 is 0 Å². The minimum absolute atomic E-state index is 0.0252. The highest BCUT2D eigenvalue weighted by Gasteiger charge is 2.27. The van der Waals surface area contributed by atoms with E-state index in [-0.39, 0.29) is 11.9 Å². The molecule has 0 unspecified atom stereocenters. The zero-order chi connectivity index (χ0) is 13.7. The molecule has 1 saturated carbocycles. The first-order valence-corrected chi connectivity index (χ1v) is 7.13. The van der Waals surface area contributed by atoms with E-state index in [2.05, 4.69) is 12.2 Å². The summed E-state index contributed by atoms with van der Waals surface area (Å²) in [5.74, 6) is 1.08. The average Bonchev–Trinajstić information content (AvgIpc) is 2.83. The molecule has 1 heterocycles. The van der Waals surface area contributed by atoms with Crippen LogP contribution in [0.1, 0.15) is 43.9 Å². The van der Waals surface area contributed by atoms with E-state index in [9.17, 15) is 4.79 Å². The normalized spacial score (nSPS) is 23.3. The van der Waals surface area contributed by atoms with Gasteiger partial charge in [0.05, 0.1) is 25.3 Å². The highest BCUT2D eigenvalue weighted by atomic mass is 16.5. The van der Waals surface area contributed by atoms with Crippen molar-refractivity contribution in [3.8, 4) is 0 Å². The van der Waals surface area contributed by atoms with Crippen LogP contribution in [-0.2, 0) is 16.1 Å². The summed E-state index contributed by atoms with van der Waals surface area (Å²) >= 11 is 0. The first-order valence-electron chi connectivity index (χ1n) is 7.13. The molecule has 0 aromatic carbocycles. The molecule has 1 fully saturated rings. The van der Waals surface area contributed by atoms with Gasteiger partial charge in [0.25, 0.3) is 0 Å². The van der Waals surface area contributed by atoms with Crippen LogP contribution in [0.2, 0.25) is 0 Å². The molecular weight excluding hydrogens is 242 g/mol. The summed E-state index contributed by atoms with van der Waals surface area (Å²) in [4.78, 5) is 11.6. The fourth-order valence-corrected chi connectivity index (χ4v) is 2.62. The first-order chi connectivity index (χ1) is 9.20. The van der Waals surface area contributed by atoms with Crippen molar-refractivity contribution in [2.24, 2.45) is 5.92 Å². The maximum atomic E-state index is 11.6. The van der Waals surface area contributed by atoms with Crippen LogP contribution >= 0.6 is 0 Å². The maximum absolute atomic E-state index is 11.6. The molecule has 0 saturated heterocycles. The topological polar surface area (TPSA) is 51.5 Å². The Labute approximate surface area is 114 Å². The SMILES string of the molecule is CCOC(=O)C1CCC(NCc2occc2C)CC1. The Morgan fingerprint density at radius 1 is 1.42 bits per heavy atom. The summed E-state index contributed by atoms with van der Waals surface area (Å²) in [5, 5.41) is 3.51. The number of carbonyl (C=O) groups excluding carboxylic acids is 1. The summed E-state index contributed by atoms with van der Waals surface area (Å²) < 4.78 is 10.5. The molecule has 1 N–H and O–H groups in total. The van der Waals surface area contributed by atoms with Gasteiger partial charge < -0.3 is 14.5 Å². The Hall–Kier alpha value is -1.29. The number of hydrogen-bond donors (Lipinski definition) is 1. The largest absolute Gasteiger partial charge is 0.468 e. The van der Waals surface area contributed by atoms with Gasteiger partial charge in [-0.2, -0.15) is 0 Å². The van der Waals surface area contributed by atoms with Gasteiger partial charge in [-0.3, -0.25) is 4.79 Å². The molecule has 0 atom stereocenters. The summed E-state index contributed by atoms with van der Waals surface area (Å²) in [6, 6.07) is 2.46. The number of furan rings is 1. The Morgan fingerprint density at radius 3 is 2.74 bits per heavy atom. The van der Waals surface area contributed by atoms with Gasteiger partial charge in [-0.1, -0.05) is 0 Å². The zero-order valence-corrected chi connectivity index (χ0v) is 11.8. The third-order valence-corrected chi connectivity index (χ3v) is 3.87. The van der Waals surface area contributed by atoms with Crippen LogP contribution in [0, 0.1) is 12.8 Å². The lowest BCUT2D eigenvalue weighted by molar-refractivity contribution is -0.149. The first kappa shape index (κ1) is 14.1. The Bertz CT molecular complexity index is 405. The number of esters is 1. The summed E-state index contributed by atoms with van der Waals surface area (Å²) in [6.07, 6.45) is 5.64. The van der Waals surface area contributed by atoms with Crippen LogP contribution in [0.3, 0.4) is 0 Å². The average molecular weight is 265 g/mol. The molecule has 106 valence electrons. The number of hydrogen-bond acceptors (Lipinski definition) is 4. The molecular formula is C15H23NO3. The van der Waals surface area contributed by atoms with Gasteiger partial charge in [-0.05, 0) is 51.2 Å². The van der Waals surface area contributed by atoms with Gasteiger partial charge >= 0.3 is 5.97 Å². The Balaban J connectivity index is 1.72. The third-order valence-electron chi connectivity index (χ3n) is 3.87. The lowest BCUT2D eigenvalue weighted by atomic mass is 9.86. The van der Waals surface area contributed by atoms with Crippen molar-refractivity contribution in [2.75, 3.05) is 6.61 Å². The van der Waals surface area contributed by atoms with Crippen LogP contribution < -0.4 is 5.32 Å². The molecule has 1 aliphatic carbocycles. The number of rotatable bonds is 5. The second-order valence-corrected chi connectivity index (χ2v) is 5.21. The van der Waals surface area contributed by atoms with Gasteiger partial charge in [0.2, 0.25) is 0 Å². The van der Waals surface area contributed by atoms with Crippen LogP contribution in [0.15, 0.2) is 16.7 Å². The highest BCUT2D eigenvalue weighted by Crippen LogP contribution is 2.25.